The van der Waals surface area contributed by atoms with Gasteiger partial charge in [0.25, 0.3) is 5.91 Å². The summed E-state index contributed by atoms with van der Waals surface area (Å²) in [5.74, 6) is 1.37. The molecular formula is C35H39N3O4. The zero-order valence-corrected chi connectivity index (χ0v) is 24.3. The highest BCUT2D eigenvalue weighted by Crippen LogP contribution is 2.29. The Kier molecular flexibility index (Phi) is 11.1. The van der Waals surface area contributed by atoms with E-state index in [-0.39, 0.29) is 17.9 Å². The number of rotatable bonds is 14. The standard InChI is InChI=1S/C35H39N3O4/c1-26-24-31(41-2)19-20-32(26)34(37-35(40)29-12-7-4-8-13-29)28-15-17-30(18-16-28)42-23-9-14-33(39)38(22-21-36)25-27-10-5-3-6-11-27/h3-8,10-13,15-20,24,34H,9,14,21-23,25,36H2,1-2H3,(H,37,40). The van der Waals surface area contributed by atoms with E-state index in [2.05, 4.69) is 5.32 Å². The van der Waals surface area contributed by atoms with Crippen molar-refractivity contribution in [1.29, 1.82) is 0 Å². The Balaban J connectivity index is 1.38. The second-order valence-corrected chi connectivity index (χ2v) is 10.1. The van der Waals surface area contributed by atoms with Crippen LogP contribution in [-0.4, -0.2) is 43.5 Å². The predicted molar refractivity (Wildman–Crippen MR) is 166 cm³/mol. The number of nitrogens with two attached hydrogens (primary N) is 1. The number of nitrogens with one attached hydrogen (secondary N) is 1. The number of carbonyl (C=O) groups excluding carboxylic acids is 2. The Morgan fingerprint density at radius 1 is 0.881 bits per heavy atom. The first-order valence-electron chi connectivity index (χ1n) is 14.2. The van der Waals surface area contributed by atoms with Gasteiger partial charge in [-0.25, -0.2) is 0 Å². The van der Waals surface area contributed by atoms with Crippen LogP contribution in [0.3, 0.4) is 0 Å². The van der Waals surface area contributed by atoms with E-state index in [0.29, 0.717) is 50.4 Å². The first-order valence-corrected chi connectivity index (χ1v) is 14.2. The summed E-state index contributed by atoms with van der Waals surface area (Å²) >= 11 is 0. The number of benzene rings is 4. The minimum atomic E-state index is -0.367. The molecule has 4 aromatic rings. The molecule has 3 N–H and O–H groups in total. The highest BCUT2D eigenvalue weighted by atomic mass is 16.5. The topological polar surface area (TPSA) is 93.9 Å². The SMILES string of the molecule is COc1ccc(C(NC(=O)c2ccccc2)c2ccc(OCCCC(=O)N(CCN)Cc3ccccc3)cc2)c(C)c1. The van der Waals surface area contributed by atoms with E-state index in [1.165, 1.54) is 0 Å². The molecular weight excluding hydrogens is 526 g/mol. The van der Waals surface area contributed by atoms with Crippen LogP contribution in [-0.2, 0) is 11.3 Å². The number of methoxy groups -OCH3 is 1. The van der Waals surface area contributed by atoms with Crippen molar-refractivity contribution >= 4 is 11.8 Å². The molecule has 0 radical (unpaired) electrons. The van der Waals surface area contributed by atoms with Gasteiger partial charge in [0.05, 0.1) is 19.8 Å². The van der Waals surface area contributed by atoms with Gasteiger partial charge in [0.15, 0.2) is 0 Å². The Morgan fingerprint density at radius 2 is 1.55 bits per heavy atom. The van der Waals surface area contributed by atoms with Crippen molar-refractivity contribution in [2.24, 2.45) is 5.73 Å². The summed E-state index contributed by atoms with van der Waals surface area (Å²) in [6.07, 6.45) is 0.979. The fourth-order valence-corrected chi connectivity index (χ4v) is 4.82. The highest BCUT2D eigenvalue weighted by molar-refractivity contribution is 5.94. The van der Waals surface area contributed by atoms with E-state index in [9.17, 15) is 9.59 Å². The molecule has 1 unspecified atom stereocenters. The highest BCUT2D eigenvalue weighted by Gasteiger charge is 2.20. The molecule has 4 aromatic carbocycles. The summed E-state index contributed by atoms with van der Waals surface area (Å²) in [5, 5.41) is 3.19. The molecule has 0 saturated heterocycles. The molecule has 2 amide bonds. The van der Waals surface area contributed by atoms with Crippen LogP contribution in [0.25, 0.3) is 0 Å². The molecule has 0 saturated carbocycles. The second-order valence-electron chi connectivity index (χ2n) is 10.1. The lowest BCUT2D eigenvalue weighted by molar-refractivity contribution is -0.132. The molecule has 0 fully saturated rings. The molecule has 1 atom stereocenters. The fraction of sp³-hybridized carbons (Fsp3) is 0.257. The molecule has 218 valence electrons. The van der Waals surface area contributed by atoms with Crippen LogP contribution in [0.5, 0.6) is 11.5 Å². The van der Waals surface area contributed by atoms with Crippen LogP contribution < -0.4 is 20.5 Å². The van der Waals surface area contributed by atoms with E-state index < -0.39 is 0 Å². The summed E-state index contributed by atoms with van der Waals surface area (Å²) in [6.45, 7) is 3.91. The van der Waals surface area contributed by atoms with Crippen LogP contribution in [0.15, 0.2) is 103 Å². The van der Waals surface area contributed by atoms with Crippen molar-refractivity contribution < 1.29 is 19.1 Å². The lowest BCUT2D eigenvalue weighted by atomic mass is 9.94. The maximum atomic E-state index is 13.1. The average molecular weight is 566 g/mol. The molecule has 0 heterocycles. The Labute approximate surface area is 248 Å². The van der Waals surface area contributed by atoms with Gasteiger partial charge >= 0.3 is 0 Å². The molecule has 7 nitrogen and oxygen atoms in total. The maximum Gasteiger partial charge on any atom is 0.252 e. The van der Waals surface area contributed by atoms with Gasteiger partial charge in [-0.3, -0.25) is 9.59 Å². The molecule has 0 aromatic heterocycles. The quantitative estimate of drug-likeness (QED) is 0.192. The zero-order valence-electron chi connectivity index (χ0n) is 24.3. The van der Waals surface area contributed by atoms with E-state index in [1.807, 2.05) is 97.9 Å². The predicted octanol–water partition coefficient (Wildman–Crippen LogP) is 5.67. The third-order valence-corrected chi connectivity index (χ3v) is 7.08. The number of hydrogen-bond acceptors (Lipinski definition) is 5. The van der Waals surface area contributed by atoms with Crippen LogP contribution in [0.2, 0.25) is 0 Å². The van der Waals surface area contributed by atoms with Crippen molar-refractivity contribution in [2.45, 2.75) is 32.4 Å². The molecule has 0 bridgehead atoms. The molecule has 0 spiro atoms. The molecule has 42 heavy (non-hydrogen) atoms. The first-order chi connectivity index (χ1) is 20.5. The minimum Gasteiger partial charge on any atom is -0.497 e. The number of ether oxygens (including phenoxy) is 2. The smallest absolute Gasteiger partial charge is 0.252 e. The summed E-state index contributed by atoms with van der Waals surface area (Å²) in [5.41, 5.74) is 10.3. The molecule has 0 aliphatic heterocycles. The first kappa shape index (κ1) is 30.3. The maximum absolute atomic E-state index is 13.1. The molecule has 7 heteroatoms. The fourth-order valence-electron chi connectivity index (χ4n) is 4.82. The van der Waals surface area contributed by atoms with Gasteiger partial charge in [-0.05, 0) is 72.0 Å². The van der Waals surface area contributed by atoms with Crippen molar-refractivity contribution in [1.82, 2.24) is 10.2 Å². The van der Waals surface area contributed by atoms with E-state index >= 15 is 0 Å². The summed E-state index contributed by atoms with van der Waals surface area (Å²) in [4.78, 5) is 27.8. The Bertz CT molecular complexity index is 1430. The number of amides is 2. The molecule has 0 aliphatic rings. The van der Waals surface area contributed by atoms with Gasteiger partial charge in [-0.2, -0.15) is 0 Å². The second kappa shape index (κ2) is 15.4. The van der Waals surface area contributed by atoms with Gasteiger partial charge < -0.3 is 25.4 Å². The monoisotopic (exact) mass is 565 g/mol. The van der Waals surface area contributed by atoms with Gasteiger partial charge in [-0.1, -0.05) is 66.7 Å². The van der Waals surface area contributed by atoms with E-state index in [1.54, 1.807) is 24.1 Å². The van der Waals surface area contributed by atoms with E-state index in [0.717, 1.165) is 28.0 Å². The van der Waals surface area contributed by atoms with Crippen LogP contribution >= 0.6 is 0 Å². The van der Waals surface area contributed by atoms with Crippen LogP contribution in [0.1, 0.15) is 51.5 Å². The largest absolute Gasteiger partial charge is 0.497 e. The number of nitrogens with zero attached hydrogens (tertiary/aromatic N) is 1. The number of carbonyl (C=O) groups is 2. The normalized spacial score (nSPS) is 11.4. The zero-order chi connectivity index (χ0) is 29.7. The number of hydrogen-bond donors (Lipinski definition) is 2. The van der Waals surface area contributed by atoms with E-state index in [4.69, 9.17) is 15.2 Å². The lowest BCUT2D eigenvalue weighted by Gasteiger charge is -2.23. The lowest BCUT2D eigenvalue weighted by Crippen LogP contribution is -2.34. The van der Waals surface area contributed by atoms with Gasteiger partial charge in [0, 0.05) is 31.6 Å². The number of aryl methyl sites for hydroxylation is 1. The van der Waals surface area contributed by atoms with Crippen LogP contribution in [0, 0.1) is 6.92 Å². The Hall–Kier alpha value is -4.62. The van der Waals surface area contributed by atoms with Gasteiger partial charge in [0.1, 0.15) is 11.5 Å². The molecule has 0 aliphatic carbocycles. The average Bonchev–Trinajstić information content (AvgIpc) is 3.03. The van der Waals surface area contributed by atoms with Crippen molar-refractivity contribution in [2.75, 3.05) is 26.8 Å². The summed E-state index contributed by atoms with van der Waals surface area (Å²) in [7, 11) is 1.64. The minimum absolute atomic E-state index is 0.0649. The van der Waals surface area contributed by atoms with Crippen molar-refractivity contribution in [3.05, 3.63) is 131 Å². The van der Waals surface area contributed by atoms with Crippen LogP contribution in [0.4, 0.5) is 0 Å². The third-order valence-electron chi connectivity index (χ3n) is 7.08. The third kappa shape index (κ3) is 8.44. The summed E-state index contributed by atoms with van der Waals surface area (Å²) in [6, 6.07) is 32.3. The van der Waals surface area contributed by atoms with Gasteiger partial charge in [-0.15, -0.1) is 0 Å². The Morgan fingerprint density at radius 3 is 2.19 bits per heavy atom. The van der Waals surface area contributed by atoms with Crippen molar-refractivity contribution in [3.8, 4) is 11.5 Å². The van der Waals surface area contributed by atoms with Gasteiger partial charge in [0.2, 0.25) is 5.91 Å². The van der Waals surface area contributed by atoms with Crippen molar-refractivity contribution in [3.63, 3.8) is 0 Å². The summed E-state index contributed by atoms with van der Waals surface area (Å²) < 4.78 is 11.3. The molecule has 4 rings (SSSR count).